The van der Waals surface area contributed by atoms with E-state index in [9.17, 15) is 4.79 Å². The topological polar surface area (TPSA) is 35.5 Å². The van der Waals surface area contributed by atoms with Crippen molar-refractivity contribution in [3.8, 4) is 0 Å². The highest BCUT2D eigenvalue weighted by Gasteiger charge is 2.25. The number of carbonyl (C=O) groups excluding carboxylic acids is 1. The molecule has 0 aromatic carbocycles. The minimum absolute atomic E-state index is 0.00121. The van der Waals surface area contributed by atoms with Crippen LogP contribution in [0.4, 0.5) is 0 Å². The van der Waals surface area contributed by atoms with Gasteiger partial charge in [0.1, 0.15) is 6.61 Å². The molecule has 1 saturated heterocycles. The largest absolute Gasteiger partial charge is 0.375 e. The van der Waals surface area contributed by atoms with Gasteiger partial charge < -0.3 is 9.47 Å². The number of ether oxygens (including phenoxy) is 2. The van der Waals surface area contributed by atoms with Gasteiger partial charge in [0.25, 0.3) is 0 Å². The first kappa shape index (κ1) is 14.0. The van der Waals surface area contributed by atoms with Crippen LogP contribution in [0.1, 0.15) is 36.4 Å². The maximum Gasteiger partial charge on any atom is 0.198 e. The van der Waals surface area contributed by atoms with Crippen LogP contribution < -0.4 is 0 Å². The molecule has 1 aromatic heterocycles. The van der Waals surface area contributed by atoms with E-state index in [1.54, 1.807) is 12.1 Å². The van der Waals surface area contributed by atoms with E-state index in [0.717, 1.165) is 12.8 Å². The fourth-order valence-electron chi connectivity index (χ4n) is 2.21. The molecule has 0 N–H and O–H groups in total. The lowest BCUT2D eigenvalue weighted by molar-refractivity contribution is -0.0974. The van der Waals surface area contributed by atoms with Crippen LogP contribution in [-0.4, -0.2) is 30.7 Å². The summed E-state index contributed by atoms with van der Waals surface area (Å²) in [5, 5.41) is 0. The maximum absolute atomic E-state index is 11.9. The average molecular weight is 289 g/mol. The Morgan fingerprint density at radius 1 is 1.44 bits per heavy atom. The van der Waals surface area contributed by atoms with Crippen molar-refractivity contribution in [2.24, 2.45) is 0 Å². The van der Waals surface area contributed by atoms with Gasteiger partial charge in [-0.25, -0.2) is 0 Å². The molecule has 3 nitrogen and oxygen atoms in total. The van der Waals surface area contributed by atoms with Gasteiger partial charge in [-0.2, -0.15) is 0 Å². The molecule has 0 spiro atoms. The van der Waals surface area contributed by atoms with E-state index in [1.807, 2.05) is 13.8 Å². The lowest BCUT2D eigenvalue weighted by atomic mass is 10.0. The Hall–Kier alpha value is -0.420. The molecule has 0 aliphatic carbocycles. The Kier molecular flexibility index (Phi) is 4.78. The van der Waals surface area contributed by atoms with Crippen LogP contribution in [0.2, 0.25) is 4.34 Å². The van der Waals surface area contributed by atoms with Gasteiger partial charge in [-0.3, -0.25) is 4.79 Å². The van der Waals surface area contributed by atoms with Gasteiger partial charge >= 0.3 is 0 Å². The minimum atomic E-state index is -0.00121. The molecule has 0 amide bonds. The van der Waals surface area contributed by atoms with E-state index < -0.39 is 0 Å². The van der Waals surface area contributed by atoms with Crippen molar-refractivity contribution in [1.29, 1.82) is 0 Å². The second-order valence-electron chi connectivity index (χ2n) is 4.69. The first-order valence-electron chi connectivity index (χ1n) is 6.10. The number of hydrogen-bond donors (Lipinski definition) is 0. The molecule has 2 unspecified atom stereocenters. The summed E-state index contributed by atoms with van der Waals surface area (Å²) in [4.78, 5) is 12.5. The second kappa shape index (κ2) is 6.15. The van der Waals surface area contributed by atoms with E-state index in [0.29, 0.717) is 9.21 Å². The minimum Gasteiger partial charge on any atom is -0.375 e. The SMILES string of the molecule is CC1CC(OCC(=O)c2ccc(Cl)s2)CC(C)O1. The molecule has 5 heteroatoms. The van der Waals surface area contributed by atoms with E-state index in [4.69, 9.17) is 21.1 Å². The van der Waals surface area contributed by atoms with Crippen molar-refractivity contribution < 1.29 is 14.3 Å². The Morgan fingerprint density at radius 3 is 2.67 bits per heavy atom. The summed E-state index contributed by atoms with van der Waals surface area (Å²) < 4.78 is 11.9. The zero-order valence-corrected chi connectivity index (χ0v) is 12.1. The molecule has 1 aliphatic heterocycles. The van der Waals surface area contributed by atoms with Gasteiger partial charge in [-0.15, -0.1) is 11.3 Å². The van der Waals surface area contributed by atoms with Crippen LogP contribution in [0, 0.1) is 0 Å². The Morgan fingerprint density at radius 2 is 2.11 bits per heavy atom. The lowest BCUT2D eigenvalue weighted by Gasteiger charge is -2.31. The number of hydrogen-bond acceptors (Lipinski definition) is 4. The van der Waals surface area contributed by atoms with Crippen LogP contribution >= 0.6 is 22.9 Å². The van der Waals surface area contributed by atoms with E-state index in [1.165, 1.54) is 11.3 Å². The first-order chi connectivity index (χ1) is 8.54. The monoisotopic (exact) mass is 288 g/mol. The third kappa shape index (κ3) is 3.79. The Labute approximate surface area is 116 Å². The standard InChI is InChI=1S/C13H17ClO3S/c1-8-5-10(6-9(2)17-8)16-7-11(15)12-3-4-13(14)18-12/h3-4,8-10H,5-7H2,1-2H3. The van der Waals surface area contributed by atoms with Gasteiger partial charge in [0.15, 0.2) is 5.78 Å². The highest BCUT2D eigenvalue weighted by Crippen LogP contribution is 2.24. The number of halogens is 1. The van der Waals surface area contributed by atoms with Gasteiger partial charge in [0.2, 0.25) is 0 Å². The number of thiophene rings is 1. The van der Waals surface area contributed by atoms with Crippen molar-refractivity contribution in [3.63, 3.8) is 0 Å². The molecule has 2 atom stereocenters. The molecule has 1 fully saturated rings. The fourth-order valence-corrected chi connectivity index (χ4v) is 3.18. The number of carbonyl (C=O) groups is 1. The second-order valence-corrected chi connectivity index (χ2v) is 6.40. The molecule has 0 bridgehead atoms. The molecule has 2 heterocycles. The summed E-state index contributed by atoms with van der Waals surface area (Å²) in [7, 11) is 0. The van der Waals surface area contributed by atoms with Gasteiger partial charge in [0.05, 0.1) is 27.5 Å². The molecule has 2 rings (SSSR count). The third-order valence-corrected chi connectivity index (χ3v) is 4.22. The van der Waals surface area contributed by atoms with Crippen LogP contribution in [-0.2, 0) is 9.47 Å². The van der Waals surface area contributed by atoms with E-state index in [-0.39, 0.29) is 30.7 Å². The number of ketones is 1. The van der Waals surface area contributed by atoms with Crippen molar-refractivity contribution in [3.05, 3.63) is 21.3 Å². The summed E-state index contributed by atoms with van der Waals surface area (Å²) in [6.07, 6.45) is 2.21. The quantitative estimate of drug-likeness (QED) is 0.795. The van der Waals surface area contributed by atoms with Crippen LogP contribution in [0.5, 0.6) is 0 Å². The van der Waals surface area contributed by atoms with Gasteiger partial charge in [-0.05, 0) is 38.8 Å². The molecule has 100 valence electrons. The predicted octanol–water partition coefficient (Wildman–Crippen LogP) is 3.56. The normalized spacial score (nSPS) is 28.3. The highest BCUT2D eigenvalue weighted by molar-refractivity contribution is 7.18. The first-order valence-corrected chi connectivity index (χ1v) is 7.29. The molecule has 18 heavy (non-hydrogen) atoms. The molecule has 0 saturated carbocycles. The molecular weight excluding hydrogens is 272 g/mol. The number of rotatable bonds is 4. The predicted molar refractivity (Wildman–Crippen MR) is 72.6 cm³/mol. The van der Waals surface area contributed by atoms with Crippen molar-refractivity contribution in [1.82, 2.24) is 0 Å². The van der Waals surface area contributed by atoms with Crippen molar-refractivity contribution in [2.75, 3.05) is 6.61 Å². The maximum atomic E-state index is 11.9. The van der Waals surface area contributed by atoms with Crippen LogP contribution in [0.3, 0.4) is 0 Å². The van der Waals surface area contributed by atoms with Crippen LogP contribution in [0.15, 0.2) is 12.1 Å². The zero-order chi connectivity index (χ0) is 13.1. The molecular formula is C13H17ClO3S. The van der Waals surface area contributed by atoms with Crippen LogP contribution in [0.25, 0.3) is 0 Å². The number of Topliss-reactive ketones (excluding diaryl/α,β-unsaturated/α-hetero) is 1. The highest BCUT2D eigenvalue weighted by atomic mass is 35.5. The third-order valence-electron chi connectivity index (χ3n) is 2.95. The van der Waals surface area contributed by atoms with Gasteiger partial charge in [0, 0.05) is 0 Å². The molecule has 1 aromatic rings. The smallest absolute Gasteiger partial charge is 0.198 e. The molecule has 0 radical (unpaired) electrons. The van der Waals surface area contributed by atoms with Crippen molar-refractivity contribution >= 4 is 28.7 Å². The van der Waals surface area contributed by atoms with E-state index >= 15 is 0 Å². The summed E-state index contributed by atoms with van der Waals surface area (Å²) in [5.74, 6) is -0.00121. The summed E-state index contributed by atoms with van der Waals surface area (Å²) in [6, 6.07) is 3.48. The van der Waals surface area contributed by atoms with Crippen molar-refractivity contribution in [2.45, 2.75) is 45.0 Å². The van der Waals surface area contributed by atoms with E-state index in [2.05, 4.69) is 0 Å². The van der Waals surface area contributed by atoms with Gasteiger partial charge in [-0.1, -0.05) is 11.6 Å². The summed E-state index contributed by atoms with van der Waals surface area (Å²) in [5.41, 5.74) is 0. The summed E-state index contributed by atoms with van der Waals surface area (Å²) in [6.45, 7) is 4.20. The Balaban J connectivity index is 1.82. The summed E-state index contributed by atoms with van der Waals surface area (Å²) >= 11 is 7.10. The lowest BCUT2D eigenvalue weighted by Crippen LogP contribution is -2.35. The Bertz CT molecular complexity index is 408. The zero-order valence-electron chi connectivity index (χ0n) is 10.5. The molecule has 1 aliphatic rings. The fraction of sp³-hybridized carbons (Fsp3) is 0.615. The average Bonchev–Trinajstić information content (AvgIpc) is 2.71.